The zero-order valence-corrected chi connectivity index (χ0v) is 10.1. The predicted molar refractivity (Wildman–Crippen MR) is 67.0 cm³/mol. The Bertz CT molecular complexity index is 490. The maximum atomic E-state index is 13.3. The van der Waals surface area contributed by atoms with Crippen molar-refractivity contribution in [3.8, 4) is 5.75 Å². The second-order valence-corrected chi connectivity index (χ2v) is 4.20. The first kappa shape index (κ1) is 12.6. The van der Waals surface area contributed by atoms with Crippen molar-refractivity contribution >= 4 is 11.6 Å². The number of hydrogen-bond acceptors (Lipinski definition) is 3. The van der Waals surface area contributed by atoms with Gasteiger partial charge in [0.05, 0.1) is 5.69 Å². The van der Waals surface area contributed by atoms with Gasteiger partial charge in [-0.05, 0) is 19.1 Å². The van der Waals surface area contributed by atoms with Gasteiger partial charge in [-0.25, -0.2) is 4.39 Å². The monoisotopic (exact) mass is 250 g/mol. The van der Waals surface area contributed by atoms with Gasteiger partial charge in [0.25, 0.3) is 0 Å². The molecule has 1 aromatic rings. The van der Waals surface area contributed by atoms with E-state index in [-0.39, 0.29) is 12.5 Å². The molecule has 0 spiro atoms. The van der Waals surface area contributed by atoms with Crippen LogP contribution in [0.25, 0.3) is 0 Å². The highest BCUT2D eigenvalue weighted by Crippen LogP contribution is 2.33. The number of ether oxygens (including phenoxy) is 1. The summed E-state index contributed by atoms with van der Waals surface area (Å²) >= 11 is 0. The number of nitrogens with zero attached hydrogens (tertiary/aromatic N) is 1. The summed E-state index contributed by atoms with van der Waals surface area (Å²) in [5, 5.41) is 0. The molecule has 1 aromatic carbocycles. The fraction of sp³-hybridized carbons (Fsp3) is 0.308. The van der Waals surface area contributed by atoms with Crippen molar-refractivity contribution in [1.29, 1.82) is 0 Å². The zero-order valence-electron chi connectivity index (χ0n) is 10.1. The maximum absolute atomic E-state index is 13.3. The van der Waals surface area contributed by atoms with Crippen molar-refractivity contribution in [1.82, 2.24) is 0 Å². The molecule has 1 aliphatic rings. The normalized spacial score (nSPS) is 23.1. The third-order valence-electron chi connectivity index (χ3n) is 2.89. The van der Waals surface area contributed by atoms with Gasteiger partial charge in [0.15, 0.2) is 0 Å². The minimum Gasteiger partial charge on any atom is -0.486 e. The van der Waals surface area contributed by atoms with Crippen molar-refractivity contribution in [2.24, 2.45) is 5.73 Å². The number of carbonyl (C=O) groups excluding carboxylic acids is 1. The summed E-state index contributed by atoms with van der Waals surface area (Å²) in [6.07, 6.45) is 1.10. The van der Waals surface area contributed by atoms with Gasteiger partial charge < -0.3 is 15.4 Å². The molecule has 0 bridgehead atoms. The smallest absolute Gasteiger partial charge is 0.248 e. The van der Waals surface area contributed by atoms with Crippen LogP contribution in [0.3, 0.4) is 0 Å². The van der Waals surface area contributed by atoms with Crippen molar-refractivity contribution in [2.75, 3.05) is 11.4 Å². The molecule has 0 fully saturated rings. The van der Waals surface area contributed by atoms with Gasteiger partial charge in [0, 0.05) is 12.6 Å². The number of anilines is 1. The number of nitrogens with two attached hydrogens (primary N) is 1. The zero-order chi connectivity index (χ0) is 13.3. The van der Waals surface area contributed by atoms with E-state index in [4.69, 9.17) is 10.5 Å². The summed E-state index contributed by atoms with van der Waals surface area (Å²) in [5.41, 5.74) is 6.20. The van der Waals surface area contributed by atoms with Crippen LogP contribution < -0.4 is 15.4 Å². The Morgan fingerprint density at radius 1 is 1.61 bits per heavy atom. The molecule has 1 heterocycles. The number of halogens is 1. The van der Waals surface area contributed by atoms with Crippen molar-refractivity contribution in [3.63, 3.8) is 0 Å². The SMILES string of the molecule is C=CCN1C(=O)C(N)C(C)Oc2ccc(F)cc21. The molecule has 2 rings (SSSR count). The molecular weight excluding hydrogens is 235 g/mol. The lowest BCUT2D eigenvalue weighted by molar-refractivity contribution is -0.121. The average Bonchev–Trinajstić information content (AvgIpc) is 2.43. The molecule has 5 heteroatoms. The lowest BCUT2D eigenvalue weighted by Crippen LogP contribution is -2.49. The number of hydrogen-bond donors (Lipinski definition) is 1. The second kappa shape index (κ2) is 4.78. The highest BCUT2D eigenvalue weighted by Gasteiger charge is 2.33. The summed E-state index contributed by atoms with van der Waals surface area (Å²) in [5.74, 6) is -0.277. The summed E-state index contributed by atoms with van der Waals surface area (Å²) in [4.78, 5) is 13.6. The Labute approximate surface area is 105 Å². The number of fused-ring (bicyclic) bond motifs is 1. The number of carbonyl (C=O) groups is 1. The van der Waals surface area contributed by atoms with Gasteiger partial charge in [-0.15, -0.1) is 6.58 Å². The molecule has 2 unspecified atom stereocenters. The highest BCUT2D eigenvalue weighted by atomic mass is 19.1. The molecule has 4 nitrogen and oxygen atoms in total. The van der Waals surface area contributed by atoms with E-state index in [1.807, 2.05) is 0 Å². The van der Waals surface area contributed by atoms with Gasteiger partial charge in [-0.3, -0.25) is 4.79 Å². The van der Waals surface area contributed by atoms with Crippen LogP contribution in [0.5, 0.6) is 5.75 Å². The number of rotatable bonds is 2. The van der Waals surface area contributed by atoms with Gasteiger partial charge in [0.1, 0.15) is 23.7 Å². The van der Waals surface area contributed by atoms with Crippen LogP contribution in [0.4, 0.5) is 10.1 Å². The Morgan fingerprint density at radius 2 is 2.33 bits per heavy atom. The third kappa shape index (κ3) is 2.09. The van der Waals surface area contributed by atoms with Crippen LogP contribution in [0.1, 0.15) is 6.92 Å². The quantitative estimate of drug-likeness (QED) is 0.808. The van der Waals surface area contributed by atoms with E-state index in [0.717, 1.165) is 0 Å². The minimum absolute atomic E-state index is 0.263. The summed E-state index contributed by atoms with van der Waals surface area (Å²) in [7, 11) is 0. The minimum atomic E-state index is -0.777. The highest BCUT2D eigenvalue weighted by molar-refractivity contribution is 5.99. The van der Waals surface area contributed by atoms with Gasteiger partial charge >= 0.3 is 0 Å². The van der Waals surface area contributed by atoms with Crippen LogP contribution in [-0.2, 0) is 4.79 Å². The Kier molecular flexibility index (Phi) is 3.34. The number of amides is 1. The van der Waals surface area contributed by atoms with Crippen LogP contribution in [0, 0.1) is 5.82 Å². The molecule has 0 saturated carbocycles. The van der Waals surface area contributed by atoms with E-state index in [1.165, 1.54) is 23.1 Å². The van der Waals surface area contributed by atoms with Crippen LogP contribution in [0.2, 0.25) is 0 Å². The van der Waals surface area contributed by atoms with Crippen LogP contribution in [0.15, 0.2) is 30.9 Å². The first-order valence-electron chi connectivity index (χ1n) is 5.68. The molecule has 0 radical (unpaired) electrons. The third-order valence-corrected chi connectivity index (χ3v) is 2.89. The lowest BCUT2D eigenvalue weighted by Gasteiger charge is -2.22. The molecule has 0 aromatic heterocycles. The van der Waals surface area contributed by atoms with Gasteiger partial charge in [-0.1, -0.05) is 6.08 Å². The molecule has 2 atom stereocenters. The predicted octanol–water partition coefficient (Wildman–Crippen LogP) is 1.45. The Morgan fingerprint density at radius 3 is 3.00 bits per heavy atom. The van der Waals surface area contributed by atoms with Crippen molar-refractivity contribution in [3.05, 3.63) is 36.7 Å². The molecule has 2 N–H and O–H groups in total. The summed E-state index contributed by atoms with van der Waals surface area (Å²) in [6.45, 7) is 5.57. The van der Waals surface area contributed by atoms with E-state index < -0.39 is 18.0 Å². The fourth-order valence-electron chi connectivity index (χ4n) is 1.89. The summed E-state index contributed by atoms with van der Waals surface area (Å²) in [6, 6.07) is 3.28. The lowest BCUT2D eigenvalue weighted by atomic mass is 10.1. The molecule has 1 amide bonds. The van der Waals surface area contributed by atoms with E-state index in [1.54, 1.807) is 13.0 Å². The van der Waals surface area contributed by atoms with Gasteiger partial charge in [-0.2, -0.15) is 0 Å². The van der Waals surface area contributed by atoms with Crippen molar-refractivity contribution in [2.45, 2.75) is 19.1 Å². The molecule has 18 heavy (non-hydrogen) atoms. The topological polar surface area (TPSA) is 55.6 Å². The average molecular weight is 250 g/mol. The van der Waals surface area contributed by atoms with E-state index in [0.29, 0.717) is 11.4 Å². The van der Waals surface area contributed by atoms with Gasteiger partial charge in [0.2, 0.25) is 5.91 Å². The van der Waals surface area contributed by atoms with E-state index in [9.17, 15) is 9.18 Å². The van der Waals surface area contributed by atoms with Crippen LogP contribution >= 0.6 is 0 Å². The molecule has 96 valence electrons. The molecule has 0 saturated heterocycles. The largest absolute Gasteiger partial charge is 0.486 e. The van der Waals surface area contributed by atoms with E-state index in [2.05, 4.69) is 6.58 Å². The number of benzene rings is 1. The second-order valence-electron chi connectivity index (χ2n) is 4.20. The molecule has 0 aliphatic carbocycles. The maximum Gasteiger partial charge on any atom is 0.248 e. The Balaban J connectivity index is 2.53. The summed E-state index contributed by atoms with van der Waals surface area (Å²) < 4.78 is 18.9. The fourth-order valence-corrected chi connectivity index (χ4v) is 1.89. The van der Waals surface area contributed by atoms with Crippen molar-refractivity contribution < 1.29 is 13.9 Å². The first-order chi connectivity index (χ1) is 8.54. The Hall–Kier alpha value is -1.88. The van der Waals surface area contributed by atoms with E-state index >= 15 is 0 Å². The first-order valence-corrected chi connectivity index (χ1v) is 5.68. The molecule has 1 aliphatic heterocycles. The standard InChI is InChI=1S/C13H15FN2O2/c1-3-6-16-10-7-9(14)4-5-11(10)18-8(2)12(15)13(16)17/h3-5,7-8,12H,1,6,15H2,2H3. The van der Waals surface area contributed by atoms with Crippen LogP contribution in [-0.4, -0.2) is 24.6 Å². The molecular formula is C13H15FN2O2.